The number of likely N-dealkylation sites (tertiary alicyclic amines) is 1. The van der Waals surface area contributed by atoms with Crippen molar-refractivity contribution in [2.24, 2.45) is 0 Å². The molecule has 10 heteroatoms. The highest BCUT2D eigenvalue weighted by atomic mass is 32.2. The van der Waals surface area contributed by atoms with E-state index in [1.807, 2.05) is 0 Å². The van der Waals surface area contributed by atoms with Crippen LogP contribution in [0, 0.1) is 17.0 Å². The molecule has 2 saturated heterocycles. The maximum Gasteiger partial charge on any atom is 0.283 e. The number of hydrogen-bond donors (Lipinski definition) is 1. The molecule has 1 N–H and O–H groups in total. The second kappa shape index (κ2) is 6.41. The van der Waals surface area contributed by atoms with Crippen LogP contribution >= 0.6 is 11.3 Å². The fraction of sp³-hybridized carbons (Fsp3) is 0.643. The average molecular weight is 373 g/mol. The summed E-state index contributed by atoms with van der Waals surface area (Å²) < 4.78 is 24.0. The van der Waals surface area contributed by atoms with Crippen molar-refractivity contribution in [3.8, 4) is 0 Å². The molecule has 1 aromatic rings. The second-order valence-electron chi connectivity index (χ2n) is 6.28. The molecule has 2 unspecified atom stereocenters. The molecule has 0 aliphatic carbocycles. The Morgan fingerprint density at radius 1 is 1.38 bits per heavy atom. The molecule has 0 spiro atoms. The predicted molar refractivity (Wildman–Crippen MR) is 90.2 cm³/mol. The molecule has 0 radical (unpaired) electrons. The highest BCUT2D eigenvalue weighted by Crippen LogP contribution is 2.29. The Kier molecular flexibility index (Phi) is 4.63. The first-order valence-electron chi connectivity index (χ1n) is 7.77. The average Bonchev–Trinajstić information content (AvgIpc) is 3.17. The monoisotopic (exact) mass is 373 g/mol. The van der Waals surface area contributed by atoms with Crippen LogP contribution in [0.2, 0.25) is 0 Å². The zero-order valence-corrected chi connectivity index (χ0v) is 14.9. The van der Waals surface area contributed by atoms with Crippen molar-refractivity contribution in [3.63, 3.8) is 0 Å². The summed E-state index contributed by atoms with van der Waals surface area (Å²) in [5, 5.41) is 13.7. The van der Waals surface area contributed by atoms with Gasteiger partial charge in [0.05, 0.1) is 32.2 Å². The van der Waals surface area contributed by atoms with E-state index in [0.29, 0.717) is 4.88 Å². The number of hydrogen-bond acceptors (Lipinski definition) is 7. The van der Waals surface area contributed by atoms with E-state index in [2.05, 4.69) is 10.2 Å². The van der Waals surface area contributed by atoms with Crippen molar-refractivity contribution >= 4 is 32.8 Å². The lowest BCUT2D eigenvalue weighted by Crippen LogP contribution is -2.50. The van der Waals surface area contributed by atoms with Crippen LogP contribution in [0.4, 0.5) is 5.69 Å². The van der Waals surface area contributed by atoms with Gasteiger partial charge in [0.25, 0.3) is 11.6 Å². The smallest absolute Gasteiger partial charge is 0.283 e. The van der Waals surface area contributed by atoms with Gasteiger partial charge in [0, 0.05) is 12.1 Å². The number of carbonyl (C=O) groups is 1. The molecule has 0 bridgehead atoms. The standard InChI is InChI=1S/C14H19N3O5S2/c1-9-11(17(19)20)6-13(23-9)14(18)15-10-7-24(21,22)8-12(10)16-4-2-3-5-16/h6,10,12H,2-5,7-8H2,1H3,(H,15,18). The third kappa shape index (κ3) is 3.45. The Bertz CT molecular complexity index is 767. The highest BCUT2D eigenvalue weighted by Gasteiger charge is 2.42. The summed E-state index contributed by atoms with van der Waals surface area (Å²) in [6.45, 7) is 3.28. The maximum absolute atomic E-state index is 12.4. The summed E-state index contributed by atoms with van der Waals surface area (Å²) in [6, 6.07) is 0.573. The molecule has 2 aliphatic heterocycles. The second-order valence-corrected chi connectivity index (χ2v) is 9.69. The predicted octanol–water partition coefficient (Wildman–Crippen LogP) is 0.956. The molecule has 0 saturated carbocycles. The number of aryl methyl sites for hydroxylation is 1. The summed E-state index contributed by atoms with van der Waals surface area (Å²) >= 11 is 1.05. The number of nitrogens with zero attached hydrogens (tertiary/aromatic N) is 2. The Hall–Kier alpha value is -1.52. The third-order valence-corrected chi connectivity index (χ3v) is 7.32. The third-order valence-electron chi connectivity index (χ3n) is 4.56. The first-order valence-corrected chi connectivity index (χ1v) is 10.4. The van der Waals surface area contributed by atoms with Gasteiger partial charge >= 0.3 is 0 Å². The number of rotatable bonds is 4. The SMILES string of the molecule is Cc1sc(C(=O)NC2CS(=O)(=O)CC2N2CCCC2)cc1[N+](=O)[O-]. The lowest BCUT2D eigenvalue weighted by Gasteiger charge is -2.28. The Labute approximate surface area is 143 Å². The van der Waals surface area contributed by atoms with E-state index < -0.39 is 26.7 Å². The summed E-state index contributed by atoms with van der Waals surface area (Å²) in [7, 11) is -3.19. The highest BCUT2D eigenvalue weighted by molar-refractivity contribution is 7.91. The molecule has 0 aromatic carbocycles. The van der Waals surface area contributed by atoms with Gasteiger partial charge in [-0.1, -0.05) is 0 Å². The van der Waals surface area contributed by atoms with Gasteiger partial charge in [-0.2, -0.15) is 0 Å². The molecule has 3 rings (SSSR count). The minimum atomic E-state index is -3.19. The molecule has 132 valence electrons. The summed E-state index contributed by atoms with van der Waals surface area (Å²) in [5.41, 5.74) is -0.0831. The topological polar surface area (TPSA) is 110 Å². The van der Waals surface area contributed by atoms with Crippen LogP contribution in [0.5, 0.6) is 0 Å². The van der Waals surface area contributed by atoms with Crippen LogP contribution in [0.15, 0.2) is 6.07 Å². The van der Waals surface area contributed by atoms with Gasteiger partial charge in [0.2, 0.25) is 0 Å². The fourth-order valence-electron chi connectivity index (χ4n) is 3.41. The number of amides is 1. The van der Waals surface area contributed by atoms with Gasteiger partial charge in [0.15, 0.2) is 9.84 Å². The van der Waals surface area contributed by atoms with Crippen molar-refractivity contribution in [1.82, 2.24) is 10.2 Å². The number of nitrogens with one attached hydrogen (secondary N) is 1. The lowest BCUT2D eigenvalue weighted by atomic mass is 10.1. The largest absolute Gasteiger partial charge is 0.346 e. The molecule has 8 nitrogen and oxygen atoms in total. The zero-order valence-electron chi connectivity index (χ0n) is 13.2. The van der Waals surface area contributed by atoms with E-state index in [0.717, 1.165) is 37.3 Å². The van der Waals surface area contributed by atoms with Gasteiger partial charge in [0.1, 0.15) is 0 Å². The van der Waals surface area contributed by atoms with E-state index in [4.69, 9.17) is 0 Å². The molecule has 2 aliphatic rings. The van der Waals surface area contributed by atoms with Gasteiger partial charge < -0.3 is 5.32 Å². The van der Waals surface area contributed by atoms with Gasteiger partial charge in [-0.25, -0.2) is 8.42 Å². The van der Waals surface area contributed by atoms with Crippen LogP contribution in [-0.2, 0) is 9.84 Å². The van der Waals surface area contributed by atoms with Crippen LogP contribution in [0.3, 0.4) is 0 Å². The normalized spacial score (nSPS) is 26.5. The summed E-state index contributed by atoms with van der Waals surface area (Å²) in [4.78, 5) is 25.6. The van der Waals surface area contributed by atoms with Crippen molar-refractivity contribution in [2.75, 3.05) is 24.6 Å². The van der Waals surface area contributed by atoms with Crippen LogP contribution in [0.1, 0.15) is 27.4 Å². The van der Waals surface area contributed by atoms with Crippen molar-refractivity contribution in [2.45, 2.75) is 31.8 Å². The van der Waals surface area contributed by atoms with E-state index >= 15 is 0 Å². The van der Waals surface area contributed by atoms with Crippen molar-refractivity contribution in [3.05, 3.63) is 25.9 Å². The van der Waals surface area contributed by atoms with Crippen LogP contribution in [0.25, 0.3) is 0 Å². The summed E-state index contributed by atoms with van der Waals surface area (Å²) in [6.07, 6.45) is 2.07. The minimum Gasteiger partial charge on any atom is -0.346 e. The fourth-order valence-corrected chi connectivity index (χ4v) is 6.25. The van der Waals surface area contributed by atoms with Gasteiger partial charge in [-0.05, 0) is 32.9 Å². The number of carbonyl (C=O) groups excluding carboxylic acids is 1. The molecule has 24 heavy (non-hydrogen) atoms. The van der Waals surface area contributed by atoms with E-state index in [9.17, 15) is 23.3 Å². The number of sulfone groups is 1. The Morgan fingerprint density at radius 2 is 2.04 bits per heavy atom. The Balaban J connectivity index is 1.76. The molecule has 2 fully saturated rings. The Morgan fingerprint density at radius 3 is 2.62 bits per heavy atom. The molecule has 1 aromatic heterocycles. The van der Waals surface area contributed by atoms with E-state index in [-0.39, 0.29) is 28.1 Å². The van der Waals surface area contributed by atoms with Crippen LogP contribution in [-0.4, -0.2) is 60.8 Å². The first kappa shape index (κ1) is 17.3. The van der Waals surface area contributed by atoms with E-state index in [1.54, 1.807) is 6.92 Å². The van der Waals surface area contributed by atoms with Crippen molar-refractivity contribution < 1.29 is 18.1 Å². The number of nitro groups is 1. The molecular formula is C14H19N3O5S2. The summed E-state index contributed by atoms with van der Waals surface area (Å²) in [5.74, 6) is -0.462. The first-order chi connectivity index (χ1) is 11.3. The molecule has 3 heterocycles. The van der Waals surface area contributed by atoms with Crippen molar-refractivity contribution in [1.29, 1.82) is 0 Å². The van der Waals surface area contributed by atoms with Crippen LogP contribution < -0.4 is 5.32 Å². The molecular weight excluding hydrogens is 354 g/mol. The maximum atomic E-state index is 12.4. The van der Waals surface area contributed by atoms with Gasteiger partial charge in [-0.3, -0.25) is 19.8 Å². The number of thiophene rings is 1. The zero-order chi connectivity index (χ0) is 17.5. The van der Waals surface area contributed by atoms with Gasteiger partial charge in [-0.15, -0.1) is 11.3 Å². The minimum absolute atomic E-state index is 0.0571. The molecule has 1 amide bonds. The van der Waals surface area contributed by atoms with E-state index in [1.165, 1.54) is 6.07 Å². The lowest BCUT2D eigenvalue weighted by molar-refractivity contribution is -0.385. The molecule has 2 atom stereocenters. The quantitative estimate of drug-likeness (QED) is 0.622.